The Hall–Kier alpha value is -2.54. The lowest BCUT2D eigenvalue weighted by Crippen LogP contribution is -2.43. The Labute approximate surface area is 150 Å². The predicted molar refractivity (Wildman–Crippen MR) is 96.6 cm³/mol. The molecule has 0 unspecified atom stereocenters. The molecule has 7 heteroatoms. The fourth-order valence-electron chi connectivity index (χ4n) is 2.94. The van der Waals surface area contributed by atoms with E-state index in [0.29, 0.717) is 35.0 Å². The van der Waals surface area contributed by atoms with Crippen LogP contribution in [0, 0.1) is 0 Å². The van der Waals surface area contributed by atoms with Crippen LogP contribution in [0.15, 0.2) is 35.7 Å². The van der Waals surface area contributed by atoms with Crippen molar-refractivity contribution in [2.75, 3.05) is 26.1 Å². The number of anilines is 1. The molecule has 132 valence electrons. The average Bonchev–Trinajstić information content (AvgIpc) is 3.33. The van der Waals surface area contributed by atoms with Gasteiger partial charge in [-0.15, -0.1) is 11.3 Å². The molecule has 1 N–H and O–H groups in total. The number of rotatable bonds is 5. The molecule has 1 atom stereocenters. The van der Waals surface area contributed by atoms with Gasteiger partial charge in [0.05, 0.1) is 24.8 Å². The summed E-state index contributed by atoms with van der Waals surface area (Å²) in [6, 6.07) is 8.34. The van der Waals surface area contributed by atoms with Crippen LogP contribution in [0.2, 0.25) is 0 Å². The van der Waals surface area contributed by atoms with Crippen LogP contribution in [-0.2, 0) is 4.79 Å². The summed E-state index contributed by atoms with van der Waals surface area (Å²) >= 11 is 1.39. The zero-order valence-electron chi connectivity index (χ0n) is 14.2. The molecule has 1 fully saturated rings. The number of benzene rings is 1. The van der Waals surface area contributed by atoms with Gasteiger partial charge in [-0.3, -0.25) is 9.59 Å². The number of carbonyl (C=O) groups excluding carboxylic acids is 2. The van der Waals surface area contributed by atoms with Gasteiger partial charge in [-0.25, -0.2) is 0 Å². The lowest BCUT2D eigenvalue weighted by atomic mass is 10.2. The number of thiophene rings is 1. The van der Waals surface area contributed by atoms with Gasteiger partial charge in [0.25, 0.3) is 5.91 Å². The van der Waals surface area contributed by atoms with Crippen molar-refractivity contribution in [3.05, 3.63) is 40.6 Å². The molecule has 3 rings (SSSR count). The van der Waals surface area contributed by atoms with Gasteiger partial charge in [0.1, 0.15) is 17.5 Å². The van der Waals surface area contributed by atoms with Gasteiger partial charge < -0.3 is 19.7 Å². The topological polar surface area (TPSA) is 67.9 Å². The summed E-state index contributed by atoms with van der Waals surface area (Å²) in [6.45, 7) is 0.592. The van der Waals surface area contributed by atoms with Gasteiger partial charge in [0.2, 0.25) is 5.91 Å². The molecule has 25 heavy (non-hydrogen) atoms. The van der Waals surface area contributed by atoms with E-state index < -0.39 is 6.04 Å². The lowest BCUT2D eigenvalue weighted by molar-refractivity contribution is -0.119. The quantitative estimate of drug-likeness (QED) is 0.890. The molecule has 0 spiro atoms. The summed E-state index contributed by atoms with van der Waals surface area (Å²) < 4.78 is 10.5. The highest BCUT2D eigenvalue weighted by Gasteiger charge is 2.35. The SMILES string of the molecule is COc1ccc(NC(=O)[C@@H]2CCCN2C(=O)c2cccs2)c(OC)c1. The second-order valence-corrected chi connectivity index (χ2v) is 6.64. The van der Waals surface area contributed by atoms with Crippen molar-refractivity contribution in [1.29, 1.82) is 0 Å². The van der Waals surface area contributed by atoms with Gasteiger partial charge in [0, 0.05) is 12.6 Å². The number of amides is 2. The molecule has 0 aliphatic carbocycles. The highest BCUT2D eigenvalue weighted by molar-refractivity contribution is 7.12. The monoisotopic (exact) mass is 360 g/mol. The normalized spacial score (nSPS) is 16.6. The molecule has 1 saturated heterocycles. The average molecular weight is 360 g/mol. The molecule has 2 heterocycles. The third-order valence-corrected chi connectivity index (χ3v) is 5.07. The maximum absolute atomic E-state index is 12.7. The third kappa shape index (κ3) is 3.61. The summed E-state index contributed by atoms with van der Waals surface area (Å²) in [5, 5.41) is 4.74. The lowest BCUT2D eigenvalue weighted by Gasteiger charge is -2.24. The molecular formula is C18H20N2O4S. The number of hydrogen-bond donors (Lipinski definition) is 1. The first-order valence-corrected chi connectivity index (χ1v) is 8.89. The number of ether oxygens (including phenoxy) is 2. The van der Waals surface area contributed by atoms with Crippen molar-refractivity contribution in [3.8, 4) is 11.5 Å². The minimum Gasteiger partial charge on any atom is -0.497 e. The highest BCUT2D eigenvalue weighted by Crippen LogP contribution is 2.30. The van der Waals surface area contributed by atoms with Crippen molar-refractivity contribution in [2.24, 2.45) is 0 Å². The van der Waals surface area contributed by atoms with Crippen molar-refractivity contribution < 1.29 is 19.1 Å². The predicted octanol–water partition coefficient (Wildman–Crippen LogP) is 3.01. The van der Waals surface area contributed by atoms with E-state index in [1.165, 1.54) is 18.4 Å². The zero-order valence-corrected chi connectivity index (χ0v) is 15.0. The van der Waals surface area contributed by atoms with Gasteiger partial charge in [-0.1, -0.05) is 6.07 Å². The molecule has 0 radical (unpaired) electrons. The van der Waals surface area contributed by atoms with E-state index in [0.717, 1.165) is 6.42 Å². The van der Waals surface area contributed by atoms with Crippen LogP contribution in [-0.4, -0.2) is 43.5 Å². The minimum absolute atomic E-state index is 0.0886. The molecule has 0 bridgehead atoms. The first kappa shape index (κ1) is 17.3. The van der Waals surface area contributed by atoms with E-state index in [1.54, 1.807) is 36.3 Å². The summed E-state index contributed by atoms with van der Waals surface area (Å²) in [5.74, 6) is 0.868. The van der Waals surface area contributed by atoms with E-state index in [-0.39, 0.29) is 11.8 Å². The first-order chi connectivity index (χ1) is 12.1. The standard InChI is InChI=1S/C18H20N2O4S/c1-23-12-7-8-13(15(11-12)24-2)19-17(21)14-5-3-9-20(14)18(22)16-6-4-10-25-16/h4,6-8,10-11,14H,3,5,9H2,1-2H3,(H,19,21)/t14-/m0/s1. The number of carbonyl (C=O) groups is 2. The Kier molecular flexibility index (Phi) is 5.23. The smallest absolute Gasteiger partial charge is 0.264 e. The Bertz CT molecular complexity index is 760. The number of nitrogens with one attached hydrogen (secondary N) is 1. The van der Waals surface area contributed by atoms with Crippen molar-refractivity contribution in [2.45, 2.75) is 18.9 Å². The third-order valence-electron chi connectivity index (χ3n) is 4.21. The van der Waals surface area contributed by atoms with E-state index in [4.69, 9.17) is 9.47 Å². The maximum Gasteiger partial charge on any atom is 0.264 e. The fraction of sp³-hybridized carbons (Fsp3) is 0.333. The van der Waals surface area contributed by atoms with Gasteiger partial charge >= 0.3 is 0 Å². The minimum atomic E-state index is -0.471. The molecule has 6 nitrogen and oxygen atoms in total. The van der Waals surface area contributed by atoms with Crippen LogP contribution in [0.25, 0.3) is 0 Å². The molecule has 1 aliphatic heterocycles. The van der Waals surface area contributed by atoms with Crippen molar-refractivity contribution in [3.63, 3.8) is 0 Å². The highest BCUT2D eigenvalue weighted by atomic mass is 32.1. The Morgan fingerprint density at radius 1 is 1.24 bits per heavy atom. The largest absolute Gasteiger partial charge is 0.497 e. The Balaban J connectivity index is 1.75. The second kappa shape index (κ2) is 7.57. The Morgan fingerprint density at radius 2 is 2.08 bits per heavy atom. The van der Waals surface area contributed by atoms with Gasteiger partial charge in [-0.2, -0.15) is 0 Å². The Morgan fingerprint density at radius 3 is 2.76 bits per heavy atom. The molecule has 0 saturated carbocycles. The molecule has 1 aromatic carbocycles. The summed E-state index contributed by atoms with van der Waals surface area (Å²) in [5.41, 5.74) is 0.559. The van der Waals surface area contributed by atoms with Crippen LogP contribution >= 0.6 is 11.3 Å². The zero-order chi connectivity index (χ0) is 17.8. The first-order valence-electron chi connectivity index (χ1n) is 8.01. The van der Waals surface area contributed by atoms with Crippen molar-refractivity contribution >= 4 is 28.8 Å². The van der Waals surface area contributed by atoms with Crippen molar-refractivity contribution in [1.82, 2.24) is 4.90 Å². The fourth-order valence-corrected chi connectivity index (χ4v) is 3.62. The van der Waals surface area contributed by atoms with Crippen LogP contribution in [0.5, 0.6) is 11.5 Å². The van der Waals surface area contributed by atoms with Crippen LogP contribution in [0.3, 0.4) is 0 Å². The van der Waals surface area contributed by atoms with E-state index >= 15 is 0 Å². The summed E-state index contributed by atoms with van der Waals surface area (Å²) in [7, 11) is 3.10. The van der Waals surface area contributed by atoms with E-state index in [9.17, 15) is 9.59 Å². The van der Waals surface area contributed by atoms with Gasteiger partial charge in [0.15, 0.2) is 0 Å². The van der Waals surface area contributed by atoms with Gasteiger partial charge in [-0.05, 0) is 36.4 Å². The van der Waals surface area contributed by atoms with Crippen LogP contribution < -0.4 is 14.8 Å². The van der Waals surface area contributed by atoms with Crippen LogP contribution in [0.1, 0.15) is 22.5 Å². The van der Waals surface area contributed by atoms with Crippen LogP contribution in [0.4, 0.5) is 5.69 Å². The van der Waals surface area contributed by atoms with E-state index in [2.05, 4.69) is 5.32 Å². The summed E-state index contributed by atoms with van der Waals surface area (Å²) in [6.07, 6.45) is 1.47. The number of methoxy groups -OCH3 is 2. The molecule has 1 aliphatic rings. The number of nitrogens with zero attached hydrogens (tertiary/aromatic N) is 1. The molecule has 2 aromatic rings. The summed E-state index contributed by atoms with van der Waals surface area (Å²) in [4.78, 5) is 27.6. The number of likely N-dealkylation sites (tertiary alicyclic amines) is 1. The molecule has 1 aromatic heterocycles. The number of hydrogen-bond acceptors (Lipinski definition) is 5. The second-order valence-electron chi connectivity index (χ2n) is 5.69. The van der Waals surface area contributed by atoms with E-state index in [1.807, 2.05) is 11.4 Å². The molecule has 2 amide bonds. The maximum atomic E-state index is 12.7. The molecular weight excluding hydrogens is 340 g/mol.